The van der Waals surface area contributed by atoms with E-state index < -0.39 is 18.0 Å². The number of hydrogen-bond acceptors (Lipinski definition) is 4. The van der Waals surface area contributed by atoms with Crippen molar-refractivity contribution in [1.82, 2.24) is 0 Å². The number of nitrogens with one attached hydrogen (secondary N) is 1. The first-order valence-corrected chi connectivity index (χ1v) is 6.99. The van der Waals surface area contributed by atoms with Gasteiger partial charge in [0.2, 0.25) is 0 Å². The molecular formula is C14H15Cl2NO4. The molecule has 0 aromatic heterocycles. The lowest BCUT2D eigenvalue weighted by molar-refractivity contribution is -0.153. The van der Waals surface area contributed by atoms with Gasteiger partial charge >= 0.3 is 5.97 Å². The molecule has 0 unspecified atom stereocenters. The van der Waals surface area contributed by atoms with E-state index in [2.05, 4.69) is 5.32 Å². The van der Waals surface area contributed by atoms with Crippen LogP contribution in [0.3, 0.4) is 0 Å². The highest BCUT2D eigenvalue weighted by molar-refractivity contribution is 6.35. The van der Waals surface area contributed by atoms with Gasteiger partial charge in [-0.05, 0) is 32.0 Å². The van der Waals surface area contributed by atoms with Crippen LogP contribution in [0.1, 0.15) is 26.7 Å². The molecule has 0 aliphatic rings. The summed E-state index contributed by atoms with van der Waals surface area (Å²) in [7, 11) is 0. The van der Waals surface area contributed by atoms with E-state index in [1.54, 1.807) is 0 Å². The third kappa shape index (κ3) is 6.60. The molecule has 0 aliphatic heterocycles. The van der Waals surface area contributed by atoms with Crippen LogP contribution in [-0.4, -0.2) is 23.8 Å². The standard InChI is InChI=1S/C14H15Cl2NO4/c1-8(18)3-4-13(19)21-9(2)14(20)17-12-6-10(15)5-11(16)7-12/h5-7,9H,3-4H2,1-2H3,(H,17,20)/t9-/m1/s1. The molecule has 7 heteroatoms. The molecule has 0 radical (unpaired) electrons. The van der Waals surface area contributed by atoms with Crippen LogP contribution in [0.25, 0.3) is 0 Å². The lowest BCUT2D eigenvalue weighted by Crippen LogP contribution is -2.30. The van der Waals surface area contributed by atoms with E-state index in [0.717, 1.165) is 0 Å². The zero-order valence-electron chi connectivity index (χ0n) is 11.6. The molecule has 1 aromatic carbocycles. The van der Waals surface area contributed by atoms with Gasteiger partial charge in [-0.25, -0.2) is 0 Å². The first kappa shape index (κ1) is 17.5. The van der Waals surface area contributed by atoms with Crippen LogP contribution < -0.4 is 5.32 Å². The highest BCUT2D eigenvalue weighted by Gasteiger charge is 2.18. The van der Waals surface area contributed by atoms with E-state index in [-0.39, 0.29) is 18.6 Å². The lowest BCUT2D eigenvalue weighted by Gasteiger charge is -2.13. The first-order chi connectivity index (χ1) is 9.77. The van der Waals surface area contributed by atoms with Crippen molar-refractivity contribution in [2.75, 3.05) is 5.32 Å². The number of esters is 1. The normalized spacial score (nSPS) is 11.6. The van der Waals surface area contributed by atoms with Crippen molar-refractivity contribution in [3.8, 4) is 0 Å². The molecule has 1 rings (SSSR count). The second kappa shape index (κ2) is 8.00. The first-order valence-electron chi connectivity index (χ1n) is 6.24. The molecule has 0 fully saturated rings. The third-order valence-corrected chi connectivity index (χ3v) is 2.93. The van der Waals surface area contributed by atoms with Gasteiger partial charge in [0.1, 0.15) is 5.78 Å². The van der Waals surface area contributed by atoms with Crippen molar-refractivity contribution in [2.24, 2.45) is 0 Å². The van der Waals surface area contributed by atoms with Crippen molar-refractivity contribution < 1.29 is 19.1 Å². The Bertz CT molecular complexity index is 540. The van der Waals surface area contributed by atoms with Crippen molar-refractivity contribution >= 4 is 46.5 Å². The molecule has 0 bridgehead atoms. The average molecular weight is 332 g/mol. The number of benzene rings is 1. The molecule has 5 nitrogen and oxygen atoms in total. The van der Waals surface area contributed by atoms with Crippen LogP contribution in [0.5, 0.6) is 0 Å². The Balaban J connectivity index is 2.54. The number of anilines is 1. The molecule has 0 spiro atoms. The maximum atomic E-state index is 11.9. The highest BCUT2D eigenvalue weighted by Crippen LogP contribution is 2.22. The number of ketones is 1. The van der Waals surface area contributed by atoms with E-state index in [0.29, 0.717) is 15.7 Å². The minimum atomic E-state index is -0.984. The molecule has 1 atom stereocenters. The van der Waals surface area contributed by atoms with E-state index in [1.165, 1.54) is 32.0 Å². The van der Waals surface area contributed by atoms with E-state index >= 15 is 0 Å². The Labute approximate surface area is 132 Å². The third-order valence-electron chi connectivity index (χ3n) is 2.49. The maximum absolute atomic E-state index is 11.9. The minimum absolute atomic E-state index is 0.0457. The zero-order chi connectivity index (χ0) is 16.0. The van der Waals surface area contributed by atoms with Gasteiger partial charge in [-0.2, -0.15) is 0 Å². The molecule has 21 heavy (non-hydrogen) atoms. The van der Waals surface area contributed by atoms with E-state index in [4.69, 9.17) is 27.9 Å². The van der Waals surface area contributed by atoms with Gasteiger partial charge < -0.3 is 14.8 Å². The number of halogens is 2. The summed E-state index contributed by atoms with van der Waals surface area (Å²) in [5, 5.41) is 3.30. The molecule has 1 aromatic rings. The molecule has 1 N–H and O–H groups in total. The van der Waals surface area contributed by atoms with E-state index in [9.17, 15) is 14.4 Å². The summed E-state index contributed by atoms with van der Waals surface area (Å²) in [4.78, 5) is 34.1. The molecule has 0 saturated carbocycles. The van der Waals surface area contributed by atoms with Gasteiger partial charge in [0, 0.05) is 22.2 Å². The van der Waals surface area contributed by atoms with Crippen molar-refractivity contribution in [1.29, 1.82) is 0 Å². The average Bonchev–Trinajstić information content (AvgIpc) is 2.34. The Kier molecular flexibility index (Phi) is 6.65. The van der Waals surface area contributed by atoms with Gasteiger partial charge in [0.25, 0.3) is 5.91 Å². The van der Waals surface area contributed by atoms with Gasteiger partial charge in [0.15, 0.2) is 6.10 Å². The molecule has 1 amide bonds. The smallest absolute Gasteiger partial charge is 0.307 e. The van der Waals surface area contributed by atoms with Gasteiger partial charge in [0.05, 0.1) is 6.42 Å². The fourth-order valence-corrected chi connectivity index (χ4v) is 1.98. The fraction of sp³-hybridized carbons (Fsp3) is 0.357. The second-order valence-electron chi connectivity index (χ2n) is 4.48. The number of amides is 1. The molecular weight excluding hydrogens is 317 g/mol. The Morgan fingerprint density at radius 1 is 1.14 bits per heavy atom. The zero-order valence-corrected chi connectivity index (χ0v) is 13.1. The van der Waals surface area contributed by atoms with Crippen molar-refractivity contribution in [3.05, 3.63) is 28.2 Å². The summed E-state index contributed by atoms with van der Waals surface area (Å²) in [6.45, 7) is 2.82. The van der Waals surface area contributed by atoms with Crippen LogP contribution in [0, 0.1) is 0 Å². The van der Waals surface area contributed by atoms with Crippen LogP contribution >= 0.6 is 23.2 Å². The summed E-state index contributed by atoms with van der Waals surface area (Å²) in [5.74, 6) is -1.22. The van der Waals surface area contributed by atoms with Crippen molar-refractivity contribution in [2.45, 2.75) is 32.8 Å². The molecule has 0 saturated heterocycles. The number of rotatable bonds is 6. The lowest BCUT2D eigenvalue weighted by atomic mass is 10.2. The fourth-order valence-electron chi connectivity index (χ4n) is 1.46. The van der Waals surface area contributed by atoms with Crippen molar-refractivity contribution in [3.63, 3.8) is 0 Å². The quantitative estimate of drug-likeness (QED) is 0.812. The maximum Gasteiger partial charge on any atom is 0.307 e. The monoisotopic (exact) mass is 331 g/mol. The number of carbonyl (C=O) groups is 3. The van der Waals surface area contributed by atoms with Gasteiger partial charge in [-0.1, -0.05) is 23.2 Å². The number of Topliss-reactive ketones (excluding diaryl/α,β-unsaturated/α-hetero) is 1. The largest absolute Gasteiger partial charge is 0.453 e. The van der Waals surface area contributed by atoms with Crippen LogP contribution in [0.15, 0.2) is 18.2 Å². The molecule has 0 heterocycles. The summed E-state index contributed by atoms with van der Waals surface area (Å²) in [6.07, 6.45) is -0.935. The summed E-state index contributed by atoms with van der Waals surface area (Å²) in [5.41, 5.74) is 0.407. The van der Waals surface area contributed by atoms with Gasteiger partial charge in [-0.3, -0.25) is 9.59 Å². The Morgan fingerprint density at radius 2 is 1.71 bits per heavy atom. The Morgan fingerprint density at radius 3 is 2.24 bits per heavy atom. The highest BCUT2D eigenvalue weighted by atomic mass is 35.5. The van der Waals surface area contributed by atoms with E-state index in [1.807, 2.05) is 0 Å². The number of ether oxygens (including phenoxy) is 1. The summed E-state index contributed by atoms with van der Waals surface area (Å²) < 4.78 is 4.93. The molecule has 0 aliphatic carbocycles. The second-order valence-corrected chi connectivity index (χ2v) is 5.35. The van der Waals surface area contributed by atoms with Crippen LogP contribution in [0.4, 0.5) is 5.69 Å². The molecule has 114 valence electrons. The number of carbonyl (C=O) groups excluding carboxylic acids is 3. The topological polar surface area (TPSA) is 72.5 Å². The predicted octanol–water partition coefficient (Wildman–Crippen LogP) is 3.23. The predicted molar refractivity (Wildman–Crippen MR) is 80.6 cm³/mol. The summed E-state index contributed by atoms with van der Waals surface area (Å²) >= 11 is 11.6. The minimum Gasteiger partial charge on any atom is -0.453 e. The SMILES string of the molecule is CC(=O)CCC(=O)O[C@H](C)C(=O)Nc1cc(Cl)cc(Cl)c1. The van der Waals surface area contributed by atoms with Crippen LogP contribution in [-0.2, 0) is 19.1 Å². The Hall–Kier alpha value is -1.59. The number of hydrogen-bond donors (Lipinski definition) is 1. The van der Waals surface area contributed by atoms with Crippen LogP contribution in [0.2, 0.25) is 10.0 Å². The summed E-state index contributed by atoms with van der Waals surface area (Å²) in [6, 6.07) is 4.58. The van der Waals surface area contributed by atoms with Gasteiger partial charge in [-0.15, -0.1) is 0 Å².